The first-order valence-corrected chi connectivity index (χ1v) is 11.1. The predicted octanol–water partition coefficient (Wildman–Crippen LogP) is 3.34. The van der Waals surface area contributed by atoms with Gasteiger partial charge in [0.1, 0.15) is 5.75 Å². The van der Waals surface area contributed by atoms with E-state index in [1.807, 2.05) is 7.05 Å². The number of benzene rings is 1. The number of guanidine groups is 1. The van der Waals surface area contributed by atoms with Crippen molar-refractivity contribution in [1.82, 2.24) is 20.4 Å². The molecule has 7 heteroatoms. The number of rotatable bonds is 7. The Labute approximate surface area is 199 Å². The summed E-state index contributed by atoms with van der Waals surface area (Å²) < 4.78 is 5.34. The summed E-state index contributed by atoms with van der Waals surface area (Å²) in [6, 6.07) is 9.88. The number of likely N-dealkylation sites (tertiary alicyclic amines) is 2. The van der Waals surface area contributed by atoms with Crippen LogP contribution in [0.3, 0.4) is 0 Å². The molecule has 0 aliphatic carbocycles. The normalized spacial score (nSPS) is 24.0. The molecule has 3 atom stereocenters. The van der Waals surface area contributed by atoms with Gasteiger partial charge in [-0.15, -0.1) is 24.0 Å². The largest absolute Gasteiger partial charge is 0.497 e. The van der Waals surface area contributed by atoms with Crippen LogP contribution in [0.2, 0.25) is 0 Å². The molecule has 0 amide bonds. The fourth-order valence-corrected chi connectivity index (χ4v) is 4.51. The Bertz CT molecular complexity index is 660. The van der Waals surface area contributed by atoms with Gasteiger partial charge in [0.2, 0.25) is 0 Å². The van der Waals surface area contributed by atoms with E-state index in [2.05, 4.69) is 70.5 Å². The maximum absolute atomic E-state index is 5.34. The highest BCUT2D eigenvalue weighted by Crippen LogP contribution is 2.26. The zero-order chi connectivity index (χ0) is 20.8. The summed E-state index contributed by atoms with van der Waals surface area (Å²) in [6.45, 7) is 12.3. The molecular formula is C23H40IN5O. The van der Waals surface area contributed by atoms with Crippen molar-refractivity contribution in [2.75, 3.05) is 46.9 Å². The summed E-state index contributed by atoms with van der Waals surface area (Å²) in [4.78, 5) is 9.64. The van der Waals surface area contributed by atoms with Gasteiger partial charge in [-0.3, -0.25) is 14.8 Å². The lowest BCUT2D eigenvalue weighted by atomic mass is 10.1. The van der Waals surface area contributed by atoms with E-state index in [4.69, 9.17) is 4.74 Å². The molecule has 0 spiro atoms. The second-order valence-electron chi connectivity index (χ2n) is 8.76. The van der Waals surface area contributed by atoms with Gasteiger partial charge in [-0.05, 0) is 63.4 Å². The van der Waals surface area contributed by atoms with Crippen LogP contribution in [-0.4, -0.2) is 74.7 Å². The molecule has 0 aromatic heterocycles. The van der Waals surface area contributed by atoms with Gasteiger partial charge in [0.15, 0.2) is 5.96 Å². The minimum absolute atomic E-state index is 0. The molecule has 0 radical (unpaired) electrons. The quantitative estimate of drug-likeness (QED) is 0.323. The average Bonchev–Trinajstić information content (AvgIpc) is 3.38. The van der Waals surface area contributed by atoms with E-state index >= 15 is 0 Å². The van der Waals surface area contributed by atoms with Crippen LogP contribution in [0.25, 0.3) is 0 Å². The van der Waals surface area contributed by atoms with Gasteiger partial charge < -0.3 is 15.4 Å². The van der Waals surface area contributed by atoms with Crippen LogP contribution < -0.4 is 15.4 Å². The van der Waals surface area contributed by atoms with Crippen LogP contribution in [0, 0.1) is 5.92 Å². The van der Waals surface area contributed by atoms with Crippen molar-refractivity contribution in [3.8, 4) is 5.75 Å². The first-order chi connectivity index (χ1) is 14.0. The van der Waals surface area contributed by atoms with Gasteiger partial charge in [0.05, 0.1) is 13.2 Å². The molecule has 1 aromatic carbocycles. The smallest absolute Gasteiger partial charge is 0.191 e. The third-order valence-corrected chi connectivity index (χ3v) is 6.46. The van der Waals surface area contributed by atoms with Gasteiger partial charge in [-0.25, -0.2) is 0 Å². The number of halogens is 1. The Morgan fingerprint density at radius 2 is 1.80 bits per heavy atom. The molecule has 2 aliphatic heterocycles. The zero-order valence-corrected chi connectivity index (χ0v) is 21.6. The molecule has 1 aromatic rings. The second kappa shape index (κ2) is 12.1. The van der Waals surface area contributed by atoms with Crippen LogP contribution in [-0.2, 0) is 0 Å². The van der Waals surface area contributed by atoms with Gasteiger partial charge >= 0.3 is 0 Å². The summed E-state index contributed by atoms with van der Waals surface area (Å²) >= 11 is 0. The number of hydrogen-bond donors (Lipinski definition) is 2. The summed E-state index contributed by atoms with van der Waals surface area (Å²) in [5.74, 6) is 2.43. The monoisotopic (exact) mass is 529 g/mol. The summed E-state index contributed by atoms with van der Waals surface area (Å²) in [5.41, 5.74) is 1.33. The van der Waals surface area contributed by atoms with Crippen molar-refractivity contribution >= 4 is 29.9 Å². The van der Waals surface area contributed by atoms with Gasteiger partial charge in [0, 0.05) is 38.8 Å². The molecule has 2 aliphatic rings. The molecule has 2 saturated heterocycles. The van der Waals surface area contributed by atoms with Crippen molar-refractivity contribution in [2.24, 2.45) is 10.9 Å². The molecule has 170 valence electrons. The Balaban J connectivity index is 0.00000320. The highest BCUT2D eigenvalue weighted by atomic mass is 127. The van der Waals surface area contributed by atoms with Crippen LogP contribution in [0.1, 0.15) is 45.2 Å². The first kappa shape index (κ1) is 25.2. The van der Waals surface area contributed by atoms with E-state index in [-0.39, 0.29) is 24.0 Å². The fraction of sp³-hybridized carbons (Fsp3) is 0.696. The lowest BCUT2D eigenvalue weighted by Crippen LogP contribution is -2.48. The molecule has 6 nitrogen and oxygen atoms in total. The summed E-state index contributed by atoms with van der Waals surface area (Å²) in [5, 5.41) is 7.29. The van der Waals surface area contributed by atoms with Gasteiger partial charge in [0.25, 0.3) is 0 Å². The summed E-state index contributed by atoms with van der Waals surface area (Å²) in [6.07, 6.45) is 2.56. The maximum atomic E-state index is 5.34. The topological polar surface area (TPSA) is 52.1 Å². The van der Waals surface area contributed by atoms with Crippen LogP contribution >= 0.6 is 24.0 Å². The Morgan fingerprint density at radius 1 is 1.13 bits per heavy atom. The third-order valence-electron chi connectivity index (χ3n) is 6.46. The van der Waals surface area contributed by atoms with Crippen molar-refractivity contribution in [3.63, 3.8) is 0 Å². The highest BCUT2D eigenvalue weighted by molar-refractivity contribution is 14.0. The molecule has 2 heterocycles. The molecule has 0 bridgehead atoms. The number of hydrogen-bond acceptors (Lipinski definition) is 4. The van der Waals surface area contributed by atoms with Gasteiger partial charge in [-0.2, -0.15) is 0 Å². The van der Waals surface area contributed by atoms with Crippen molar-refractivity contribution in [2.45, 2.75) is 51.7 Å². The molecule has 0 saturated carbocycles. The molecule has 30 heavy (non-hydrogen) atoms. The standard InChI is InChI=1S/C23H39N5O.HI/c1-17(2)28-15-18(3)21(16-28)26-23(24-4)25-14-22(27-12-6-7-13-27)19-8-10-20(29-5)11-9-19;/h8-11,17-18,21-22H,6-7,12-16H2,1-5H3,(H2,24,25,26);1H. The minimum atomic E-state index is 0. The second-order valence-corrected chi connectivity index (χ2v) is 8.76. The van der Waals surface area contributed by atoms with E-state index in [1.54, 1.807) is 7.11 Å². The number of nitrogens with one attached hydrogen (secondary N) is 2. The highest BCUT2D eigenvalue weighted by Gasteiger charge is 2.31. The summed E-state index contributed by atoms with van der Waals surface area (Å²) in [7, 11) is 3.59. The van der Waals surface area contributed by atoms with Gasteiger partial charge in [-0.1, -0.05) is 19.1 Å². The average molecular weight is 530 g/mol. The van der Waals surface area contributed by atoms with E-state index in [0.717, 1.165) is 44.4 Å². The molecule has 2 N–H and O–H groups in total. The Kier molecular flexibility index (Phi) is 10.2. The maximum Gasteiger partial charge on any atom is 0.191 e. The fourth-order valence-electron chi connectivity index (χ4n) is 4.51. The van der Waals surface area contributed by atoms with E-state index in [9.17, 15) is 0 Å². The van der Waals surface area contributed by atoms with Crippen LogP contribution in [0.5, 0.6) is 5.75 Å². The van der Waals surface area contributed by atoms with Crippen LogP contribution in [0.4, 0.5) is 0 Å². The molecule has 3 unspecified atom stereocenters. The Morgan fingerprint density at radius 3 is 2.33 bits per heavy atom. The van der Waals surface area contributed by atoms with Crippen molar-refractivity contribution in [1.29, 1.82) is 0 Å². The molecular weight excluding hydrogens is 489 g/mol. The van der Waals surface area contributed by atoms with E-state index in [1.165, 1.54) is 18.4 Å². The number of aliphatic imine (C=N–C) groups is 1. The molecule has 2 fully saturated rings. The lowest BCUT2D eigenvalue weighted by Gasteiger charge is -2.29. The lowest BCUT2D eigenvalue weighted by molar-refractivity contribution is 0.245. The zero-order valence-electron chi connectivity index (χ0n) is 19.2. The predicted molar refractivity (Wildman–Crippen MR) is 136 cm³/mol. The van der Waals surface area contributed by atoms with Crippen molar-refractivity contribution < 1.29 is 4.74 Å². The SMILES string of the molecule is CN=C(NCC(c1ccc(OC)cc1)N1CCCC1)NC1CN(C(C)C)CC1C.I. The van der Waals surface area contributed by atoms with E-state index in [0.29, 0.717) is 24.0 Å². The third kappa shape index (κ3) is 6.47. The first-order valence-electron chi connectivity index (χ1n) is 11.1. The number of nitrogens with zero attached hydrogens (tertiary/aromatic N) is 3. The molecule has 3 rings (SSSR count). The van der Waals surface area contributed by atoms with Crippen LogP contribution in [0.15, 0.2) is 29.3 Å². The number of methoxy groups -OCH3 is 1. The van der Waals surface area contributed by atoms with E-state index < -0.39 is 0 Å². The minimum Gasteiger partial charge on any atom is -0.497 e. The number of ether oxygens (including phenoxy) is 1. The Hall–Kier alpha value is -1.06. The van der Waals surface area contributed by atoms with Crippen molar-refractivity contribution in [3.05, 3.63) is 29.8 Å².